The molecule has 3 heterocycles. The zero-order valence-electron chi connectivity index (χ0n) is 13.1. The van der Waals surface area contributed by atoms with E-state index in [1.807, 2.05) is 33.7 Å². The number of carbonyl (C=O) groups excluding carboxylic acids is 1. The predicted octanol–water partition coefficient (Wildman–Crippen LogP) is 3.40. The number of pyridine rings is 1. The van der Waals surface area contributed by atoms with Crippen molar-refractivity contribution in [3.8, 4) is 0 Å². The van der Waals surface area contributed by atoms with Crippen molar-refractivity contribution in [3.63, 3.8) is 0 Å². The number of amides is 1. The van der Waals surface area contributed by atoms with E-state index in [9.17, 15) is 4.79 Å². The second-order valence-electron chi connectivity index (χ2n) is 6.08. The highest BCUT2D eigenvalue weighted by Gasteiger charge is 2.28. The molecule has 122 valence electrons. The van der Waals surface area contributed by atoms with Gasteiger partial charge in [0.15, 0.2) is 5.65 Å². The molecule has 3 aromatic rings. The van der Waals surface area contributed by atoms with E-state index in [0.717, 1.165) is 30.9 Å². The van der Waals surface area contributed by atoms with Crippen molar-refractivity contribution < 1.29 is 4.79 Å². The van der Waals surface area contributed by atoms with Gasteiger partial charge in [0.25, 0.3) is 5.91 Å². The molecule has 1 aliphatic rings. The first-order chi connectivity index (χ1) is 11.7. The van der Waals surface area contributed by atoms with Gasteiger partial charge in [-0.15, -0.1) is 10.2 Å². The Labute approximate surface area is 144 Å². The Balaban J connectivity index is 1.57. The van der Waals surface area contributed by atoms with Crippen LogP contribution in [0, 0.1) is 0 Å². The number of halogens is 1. The maximum absolute atomic E-state index is 12.7. The van der Waals surface area contributed by atoms with Gasteiger partial charge in [-0.05, 0) is 49.2 Å². The molecule has 1 fully saturated rings. The smallest absolute Gasteiger partial charge is 0.253 e. The van der Waals surface area contributed by atoms with Crippen molar-refractivity contribution in [1.82, 2.24) is 19.5 Å². The van der Waals surface area contributed by atoms with E-state index in [1.165, 1.54) is 0 Å². The van der Waals surface area contributed by atoms with E-state index in [1.54, 1.807) is 24.3 Å². The van der Waals surface area contributed by atoms with Gasteiger partial charge >= 0.3 is 0 Å². The first-order valence-corrected chi connectivity index (χ1v) is 8.44. The van der Waals surface area contributed by atoms with Crippen LogP contribution in [0.2, 0.25) is 5.02 Å². The topological polar surface area (TPSA) is 50.5 Å². The summed E-state index contributed by atoms with van der Waals surface area (Å²) in [4.78, 5) is 14.6. The normalized spacial score (nSPS) is 18.0. The molecule has 6 heteroatoms. The van der Waals surface area contributed by atoms with Crippen LogP contribution in [0.4, 0.5) is 0 Å². The lowest BCUT2D eigenvalue weighted by atomic mass is 9.96. The molecule has 1 aliphatic heterocycles. The number of nitrogens with zero attached hydrogens (tertiary/aromatic N) is 4. The number of rotatable bonds is 2. The van der Waals surface area contributed by atoms with Crippen molar-refractivity contribution in [2.45, 2.75) is 18.8 Å². The Morgan fingerprint density at radius 2 is 1.96 bits per heavy atom. The second kappa shape index (κ2) is 6.24. The minimum Gasteiger partial charge on any atom is -0.338 e. The molecule has 5 nitrogen and oxygen atoms in total. The molecule has 4 rings (SSSR count). The Bertz CT molecular complexity index is 874. The summed E-state index contributed by atoms with van der Waals surface area (Å²) in [6.45, 7) is 1.44. The van der Waals surface area contributed by atoms with Gasteiger partial charge in [-0.25, -0.2) is 0 Å². The highest BCUT2D eigenvalue weighted by atomic mass is 35.5. The fourth-order valence-electron chi connectivity index (χ4n) is 3.29. The number of carbonyl (C=O) groups is 1. The number of hydrogen-bond acceptors (Lipinski definition) is 3. The van der Waals surface area contributed by atoms with Crippen molar-refractivity contribution in [1.29, 1.82) is 0 Å². The third-order valence-corrected chi connectivity index (χ3v) is 4.76. The van der Waals surface area contributed by atoms with Crippen LogP contribution in [0.15, 0.2) is 48.7 Å². The first-order valence-electron chi connectivity index (χ1n) is 8.07. The van der Waals surface area contributed by atoms with Gasteiger partial charge in [0, 0.05) is 35.8 Å². The third-order valence-electron chi connectivity index (χ3n) is 4.51. The van der Waals surface area contributed by atoms with Crippen LogP contribution >= 0.6 is 11.6 Å². The van der Waals surface area contributed by atoms with Crippen molar-refractivity contribution in [2.24, 2.45) is 0 Å². The van der Waals surface area contributed by atoms with Crippen molar-refractivity contribution >= 4 is 23.2 Å². The lowest BCUT2D eigenvalue weighted by molar-refractivity contribution is 0.0704. The average molecular weight is 341 g/mol. The SMILES string of the molecule is O=C(c1ccc(Cl)cc1)N1CCCC(c2nnc3ccccn23)C1. The fraction of sp³-hybridized carbons (Fsp3) is 0.278. The maximum atomic E-state index is 12.7. The Kier molecular flexibility index (Phi) is 3.94. The van der Waals surface area contributed by atoms with Gasteiger partial charge in [-0.2, -0.15) is 0 Å². The molecule has 0 spiro atoms. The molecule has 0 bridgehead atoms. The molecule has 1 unspecified atom stereocenters. The summed E-state index contributed by atoms with van der Waals surface area (Å²) < 4.78 is 2.01. The number of piperidine rings is 1. The third kappa shape index (κ3) is 2.76. The van der Waals surface area contributed by atoms with Gasteiger partial charge in [0.05, 0.1) is 0 Å². The minimum atomic E-state index is 0.0465. The number of likely N-dealkylation sites (tertiary alicyclic amines) is 1. The molecule has 0 aliphatic carbocycles. The van der Waals surface area contributed by atoms with E-state index in [2.05, 4.69) is 10.2 Å². The fourth-order valence-corrected chi connectivity index (χ4v) is 3.41. The van der Waals surface area contributed by atoms with Crippen LogP contribution in [0.25, 0.3) is 5.65 Å². The number of hydrogen-bond donors (Lipinski definition) is 0. The van der Waals surface area contributed by atoms with Crippen LogP contribution in [-0.4, -0.2) is 38.5 Å². The quantitative estimate of drug-likeness (QED) is 0.718. The molecule has 1 amide bonds. The molecular formula is C18H17ClN4O. The maximum Gasteiger partial charge on any atom is 0.253 e. The van der Waals surface area contributed by atoms with Gasteiger partial charge in [-0.3, -0.25) is 9.20 Å². The molecule has 24 heavy (non-hydrogen) atoms. The molecule has 0 saturated carbocycles. The monoisotopic (exact) mass is 340 g/mol. The summed E-state index contributed by atoms with van der Waals surface area (Å²) in [5, 5.41) is 9.22. The summed E-state index contributed by atoms with van der Waals surface area (Å²) in [5.74, 6) is 1.18. The second-order valence-corrected chi connectivity index (χ2v) is 6.52. The van der Waals surface area contributed by atoms with E-state index >= 15 is 0 Å². The zero-order valence-corrected chi connectivity index (χ0v) is 13.9. The lowest BCUT2D eigenvalue weighted by Gasteiger charge is -2.32. The standard InChI is InChI=1S/C18H17ClN4O/c19-15-8-6-13(7-9-15)18(24)22-10-3-4-14(12-22)17-21-20-16-5-1-2-11-23(16)17/h1-2,5-9,11,14H,3-4,10,12H2. The summed E-state index contributed by atoms with van der Waals surface area (Å²) in [6, 6.07) is 12.9. The number of fused-ring (bicyclic) bond motifs is 1. The van der Waals surface area contributed by atoms with Crippen molar-refractivity contribution in [2.75, 3.05) is 13.1 Å². The number of aromatic nitrogens is 3. The van der Waals surface area contributed by atoms with Crippen molar-refractivity contribution in [3.05, 3.63) is 65.1 Å². The van der Waals surface area contributed by atoms with E-state index in [0.29, 0.717) is 17.1 Å². The molecular weight excluding hydrogens is 324 g/mol. The van der Waals surface area contributed by atoms with Crippen LogP contribution < -0.4 is 0 Å². The molecule has 0 N–H and O–H groups in total. The molecule has 1 aromatic carbocycles. The summed E-state index contributed by atoms with van der Waals surface area (Å²) in [7, 11) is 0. The zero-order chi connectivity index (χ0) is 16.5. The van der Waals surface area contributed by atoms with Crippen LogP contribution in [0.1, 0.15) is 34.9 Å². The van der Waals surface area contributed by atoms with Gasteiger partial charge < -0.3 is 4.90 Å². The Morgan fingerprint density at radius 1 is 1.12 bits per heavy atom. The predicted molar refractivity (Wildman–Crippen MR) is 92.3 cm³/mol. The van der Waals surface area contributed by atoms with Crippen LogP contribution in [-0.2, 0) is 0 Å². The molecule has 0 radical (unpaired) electrons. The van der Waals surface area contributed by atoms with E-state index in [-0.39, 0.29) is 11.8 Å². The highest BCUT2D eigenvalue weighted by molar-refractivity contribution is 6.30. The molecule has 1 atom stereocenters. The van der Waals surface area contributed by atoms with Gasteiger partial charge in [0.2, 0.25) is 0 Å². The Morgan fingerprint density at radius 3 is 2.79 bits per heavy atom. The first kappa shape index (κ1) is 15.1. The van der Waals surface area contributed by atoms with E-state index < -0.39 is 0 Å². The number of benzene rings is 1. The minimum absolute atomic E-state index is 0.0465. The van der Waals surface area contributed by atoms with Crippen LogP contribution in [0.5, 0.6) is 0 Å². The summed E-state index contributed by atoms with van der Waals surface area (Å²) in [6.07, 6.45) is 3.95. The lowest BCUT2D eigenvalue weighted by Crippen LogP contribution is -2.39. The summed E-state index contributed by atoms with van der Waals surface area (Å²) in [5.41, 5.74) is 1.51. The van der Waals surface area contributed by atoms with Gasteiger partial charge in [0.1, 0.15) is 5.82 Å². The van der Waals surface area contributed by atoms with Gasteiger partial charge in [-0.1, -0.05) is 17.7 Å². The van der Waals surface area contributed by atoms with E-state index in [4.69, 9.17) is 11.6 Å². The average Bonchev–Trinajstić information content (AvgIpc) is 3.06. The largest absolute Gasteiger partial charge is 0.338 e. The molecule has 1 saturated heterocycles. The van der Waals surface area contributed by atoms with Crippen LogP contribution in [0.3, 0.4) is 0 Å². The Hall–Kier alpha value is -2.40. The summed E-state index contributed by atoms with van der Waals surface area (Å²) >= 11 is 5.91. The highest BCUT2D eigenvalue weighted by Crippen LogP contribution is 2.27. The molecule has 2 aromatic heterocycles.